The lowest BCUT2D eigenvalue weighted by molar-refractivity contribution is -0.131. The molecule has 1 aromatic heterocycles. The molecule has 0 aliphatic heterocycles. The molecule has 0 unspecified atom stereocenters. The number of carbonyl (C=O) groups excluding carboxylic acids is 1. The summed E-state index contributed by atoms with van der Waals surface area (Å²) < 4.78 is 18.5. The Morgan fingerprint density at radius 1 is 1.21 bits per heavy atom. The summed E-state index contributed by atoms with van der Waals surface area (Å²) in [5.74, 6) is 0.908. The first-order chi connectivity index (χ1) is 14.0. The van der Waals surface area contributed by atoms with Gasteiger partial charge < -0.3 is 19.5 Å². The highest BCUT2D eigenvalue weighted by atomic mass is 19.1. The number of halogens is 1. The monoisotopic (exact) mass is 403 g/mol. The highest BCUT2D eigenvalue weighted by Gasteiger charge is 2.15. The molecule has 2 aromatic rings. The van der Waals surface area contributed by atoms with Crippen molar-refractivity contribution in [1.29, 1.82) is 0 Å². The van der Waals surface area contributed by atoms with E-state index in [4.69, 9.17) is 4.42 Å². The molecule has 158 valence electrons. The third-order valence-electron chi connectivity index (χ3n) is 4.46. The minimum absolute atomic E-state index is 0.0727. The predicted octanol–water partition coefficient (Wildman–Crippen LogP) is 2.79. The molecule has 1 N–H and O–H groups in total. The third kappa shape index (κ3) is 6.58. The highest BCUT2D eigenvalue weighted by Crippen LogP contribution is 2.19. The minimum Gasteiger partial charge on any atom is -0.444 e. The van der Waals surface area contributed by atoms with Crippen LogP contribution in [0, 0.1) is 5.82 Å². The zero-order valence-corrected chi connectivity index (χ0v) is 17.6. The van der Waals surface area contributed by atoms with Gasteiger partial charge in [-0.1, -0.05) is 0 Å². The Morgan fingerprint density at radius 3 is 2.52 bits per heavy atom. The SMILES string of the molecule is CCNC(=NCCc1coc(-c2ccc(F)cc2)n1)N(C)CC(=O)N(CC)CC. The van der Waals surface area contributed by atoms with Gasteiger partial charge in [0, 0.05) is 45.2 Å². The minimum atomic E-state index is -0.297. The van der Waals surface area contributed by atoms with Crippen molar-refractivity contribution in [2.75, 3.05) is 39.8 Å². The van der Waals surface area contributed by atoms with E-state index >= 15 is 0 Å². The lowest BCUT2D eigenvalue weighted by Crippen LogP contribution is -2.45. The fraction of sp³-hybridized carbons (Fsp3) is 0.476. The molecule has 2 rings (SSSR count). The Bertz CT molecular complexity index is 800. The fourth-order valence-corrected chi connectivity index (χ4v) is 2.85. The zero-order valence-electron chi connectivity index (χ0n) is 17.6. The van der Waals surface area contributed by atoms with Crippen molar-refractivity contribution in [2.24, 2.45) is 4.99 Å². The van der Waals surface area contributed by atoms with Crippen LogP contribution >= 0.6 is 0 Å². The molecular formula is C21H30FN5O2. The number of benzene rings is 1. The average Bonchev–Trinajstić information content (AvgIpc) is 3.17. The van der Waals surface area contributed by atoms with Crippen LogP contribution in [0.15, 0.2) is 39.9 Å². The first-order valence-corrected chi connectivity index (χ1v) is 9.96. The molecule has 0 fully saturated rings. The summed E-state index contributed by atoms with van der Waals surface area (Å²) in [7, 11) is 1.85. The van der Waals surface area contributed by atoms with Crippen molar-refractivity contribution >= 4 is 11.9 Å². The van der Waals surface area contributed by atoms with Gasteiger partial charge in [0.05, 0.1) is 12.2 Å². The quantitative estimate of drug-likeness (QED) is 0.515. The van der Waals surface area contributed by atoms with E-state index in [9.17, 15) is 9.18 Å². The molecule has 1 heterocycles. The zero-order chi connectivity index (χ0) is 21.2. The standard InChI is InChI=1S/C21H30FN5O2/c1-5-23-21(26(4)14-19(28)27(6-2)7-3)24-13-12-18-15-29-20(25-18)16-8-10-17(22)11-9-16/h8-11,15H,5-7,12-14H2,1-4H3,(H,23,24). The number of likely N-dealkylation sites (N-methyl/N-ethyl adjacent to an activating group) is 2. The number of aromatic nitrogens is 1. The van der Waals surface area contributed by atoms with Gasteiger partial charge in [0.1, 0.15) is 12.1 Å². The van der Waals surface area contributed by atoms with Gasteiger partial charge in [0.2, 0.25) is 11.8 Å². The molecule has 29 heavy (non-hydrogen) atoms. The number of aliphatic imine (C=N–C) groups is 1. The van der Waals surface area contributed by atoms with E-state index < -0.39 is 0 Å². The highest BCUT2D eigenvalue weighted by molar-refractivity contribution is 5.86. The van der Waals surface area contributed by atoms with Crippen LogP contribution in [-0.4, -0.2) is 66.4 Å². The van der Waals surface area contributed by atoms with Gasteiger partial charge >= 0.3 is 0 Å². The molecule has 0 saturated heterocycles. The summed E-state index contributed by atoms with van der Waals surface area (Å²) in [6, 6.07) is 6.02. The van der Waals surface area contributed by atoms with Gasteiger partial charge in [-0.25, -0.2) is 9.37 Å². The molecule has 1 amide bonds. The van der Waals surface area contributed by atoms with Crippen molar-refractivity contribution in [3.8, 4) is 11.5 Å². The topological polar surface area (TPSA) is 74.0 Å². The van der Waals surface area contributed by atoms with E-state index in [1.165, 1.54) is 12.1 Å². The molecule has 0 bridgehead atoms. The molecule has 0 aliphatic rings. The number of nitrogens with one attached hydrogen (secondary N) is 1. The second-order valence-corrected chi connectivity index (χ2v) is 6.56. The molecule has 7 nitrogen and oxygen atoms in total. The van der Waals surface area contributed by atoms with E-state index in [0.717, 1.165) is 11.3 Å². The maximum atomic E-state index is 13.0. The van der Waals surface area contributed by atoms with Crippen LogP contribution in [0.2, 0.25) is 0 Å². The molecule has 8 heteroatoms. The summed E-state index contributed by atoms with van der Waals surface area (Å²) in [5, 5.41) is 3.21. The van der Waals surface area contributed by atoms with E-state index in [0.29, 0.717) is 44.5 Å². The van der Waals surface area contributed by atoms with E-state index in [1.54, 1.807) is 23.3 Å². The molecule has 0 spiro atoms. The van der Waals surface area contributed by atoms with Crippen LogP contribution in [0.25, 0.3) is 11.5 Å². The van der Waals surface area contributed by atoms with Crippen molar-refractivity contribution < 1.29 is 13.6 Å². The van der Waals surface area contributed by atoms with Crippen LogP contribution in [0.4, 0.5) is 4.39 Å². The van der Waals surface area contributed by atoms with Crippen LogP contribution in [0.3, 0.4) is 0 Å². The Morgan fingerprint density at radius 2 is 1.90 bits per heavy atom. The van der Waals surface area contributed by atoms with Gasteiger partial charge in [-0.2, -0.15) is 0 Å². The normalized spacial score (nSPS) is 11.4. The number of oxazole rings is 1. The number of rotatable bonds is 9. The molecule has 0 radical (unpaired) electrons. The summed E-state index contributed by atoms with van der Waals surface area (Å²) >= 11 is 0. The van der Waals surface area contributed by atoms with Crippen LogP contribution in [0.5, 0.6) is 0 Å². The molecule has 0 saturated carbocycles. The fourth-order valence-electron chi connectivity index (χ4n) is 2.85. The van der Waals surface area contributed by atoms with E-state index in [-0.39, 0.29) is 18.3 Å². The molecule has 1 aromatic carbocycles. The maximum Gasteiger partial charge on any atom is 0.242 e. The molecule has 0 aliphatic carbocycles. The van der Waals surface area contributed by atoms with Crippen LogP contribution < -0.4 is 5.32 Å². The Hall–Kier alpha value is -2.90. The number of hydrogen-bond acceptors (Lipinski definition) is 4. The van der Waals surface area contributed by atoms with Crippen LogP contribution in [-0.2, 0) is 11.2 Å². The van der Waals surface area contributed by atoms with Gasteiger partial charge in [-0.05, 0) is 45.0 Å². The summed E-state index contributed by atoms with van der Waals surface area (Å²) in [6.45, 7) is 8.80. The number of nitrogens with zero attached hydrogens (tertiary/aromatic N) is 4. The number of hydrogen-bond donors (Lipinski definition) is 1. The number of guanidine groups is 1. The first-order valence-electron chi connectivity index (χ1n) is 9.96. The Labute approximate surface area is 171 Å². The third-order valence-corrected chi connectivity index (χ3v) is 4.46. The Kier molecular flexibility index (Phi) is 8.64. The van der Waals surface area contributed by atoms with Crippen molar-refractivity contribution in [2.45, 2.75) is 27.2 Å². The largest absolute Gasteiger partial charge is 0.444 e. The second-order valence-electron chi connectivity index (χ2n) is 6.56. The Balaban J connectivity index is 1.96. The molecular weight excluding hydrogens is 373 g/mol. The average molecular weight is 404 g/mol. The predicted molar refractivity (Wildman–Crippen MR) is 112 cm³/mol. The van der Waals surface area contributed by atoms with Crippen molar-refractivity contribution in [3.05, 3.63) is 42.0 Å². The van der Waals surface area contributed by atoms with E-state index in [1.807, 2.05) is 32.7 Å². The second kappa shape index (κ2) is 11.2. The molecule has 0 atom stereocenters. The smallest absolute Gasteiger partial charge is 0.242 e. The van der Waals surface area contributed by atoms with E-state index in [2.05, 4.69) is 15.3 Å². The summed E-state index contributed by atoms with van der Waals surface area (Å²) in [6.07, 6.45) is 2.19. The lowest BCUT2D eigenvalue weighted by atomic mass is 10.2. The van der Waals surface area contributed by atoms with Gasteiger partial charge in [-0.3, -0.25) is 9.79 Å². The van der Waals surface area contributed by atoms with Gasteiger partial charge in [0.15, 0.2) is 5.96 Å². The first kappa shape index (κ1) is 22.4. The number of carbonyl (C=O) groups is 1. The van der Waals surface area contributed by atoms with Crippen LogP contribution in [0.1, 0.15) is 26.5 Å². The van der Waals surface area contributed by atoms with Crippen molar-refractivity contribution in [3.63, 3.8) is 0 Å². The lowest BCUT2D eigenvalue weighted by Gasteiger charge is -2.25. The summed E-state index contributed by atoms with van der Waals surface area (Å²) in [4.78, 5) is 25.0. The maximum absolute atomic E-state index is 13.0. The summed E-state index contributed by atoms with van der Waals surface area (Å²) in [5.41, 5.74) is 1.50. The van der Waals surface area contributed by atoms with Gasteiger partial charge in [-0.15, -0.1) is 0 Å². The van der Waals surface area contributed by atoms with Crippen molar-refractivity contribution in [1.82, 2.24) is 20.1 Å². The number of amides is 1. The van der Waals surface area contributed by atoms with Gasteiger partial charge in [0.25, 0.3) is 0 Å².